The fraction of sp³-hybridized carbons (Fsp3) is 0.583. The Balaban J connectivity index is 1.86. The van der Waals surface area contributed by atoms with Gasteiger partial charge >= 0.3 is 0 Å². The maximum Gasteiger partial charge on any atom is 0.162 e. The van der Waals surface area contributed by atoms with E-state index in [4.69, 9.17) is 15.9 Å². The average molecular weight is 249 g/mol. The molecule has 3 N–H and O–H groups in total. The lowest BCUT2D eigenvalue weighted by Crippen LogP contribution is -2.27. The number of nitrogens with zero attached hydrogens (tertiary/aromatic N) is 3. The van der Waals surface area contributed by atoms with Crippen LogP contribution in [0.15, 0.2) is 12.3 Å². The third kappa shape index (κ3) is 3.40. The van der Waals surface area contributed by atoms with Gasteiger partial charge in [0.1, 0.15) is 5.84 Å². The summed E-state index contributed by atoms with van der Waals surface area (Å²) in [5.41, 5.74) is 6.12. The summed E-state index contributed by atoms with van der Waals surface area (Å²) in [6, 6.07) is 1.70. The summed E-state index contributed by atoms with van der Waals surface area (Å²) < 4.78 is 5.58. The van der Waals surface area contributed by atoms with Gasteiger partial charge in [-0.25, -0.2) is 0 Å². The van der Waals surface area contributed by atoms with Crippen LogP contribution < -0.4 is 10.6 Å². The first kappa shape index (κ1) is 12.8. The highest BCUT2D eigenvalue weighted by Crippen LogP contribution is 2.28. The van der Waals surface area contributed by atoms with Gasteiger partial charge in [0.2, 0.25) is 0 Å². The van der Waals surface area contributed by atoms with Crippen LogP contribution in [0.4, 0.5) is 5.82 Å². The van der Waals surface area contributed by atoms with E-state index in [1.54, 1.807) is 6.07 Å². The quantitative estimate of drug-likeness (QED) is 0.420. The zero-order chi connectivity index (χ0) is 13.0. The van der Waals surface area contributed by atoms with Crippen molar-refractivity contribution < 1.29 is 4.74 Å². The van der Waals surface area contributed by atoms with Crippen LogP contribution >= 0.6 is 0 Å². The van der Waals surface area contributed by atoms with Gasteiger partial charge in [-0.05, 0) is 24.8 Å². The van der Waals surface area contributed by atoms with Crippen molar-refractivity contribution in [3.63, 3.8) is 0 Å². The Morgan fingerprint density at radius 2 is 2.39 bits per heavy atom. The van der Waals surface area contributed by atoms with Crippen LogP contribution in [0.3, 0.4) is 0 Å². The Kier molecular flexibility index (Phi) is 4.09. The third-order valence-electron chi connectivity index (χ3n) is 2.97. The van der Waals surface area contributed by atoms with Gasteiger partial charge in [-0.1, -0.05) is 0 Å². The van der Waals surface area contributed by atoms with E-state index < -0.39 is 0 Å². The molecule has 0 saturated heterocycles. The van der Waals surface area contributed by atoms with Crippen molar-refractivity contribution >= 4 is 11.7 Å². The molecule has 1 fully saturated rings. The minimum absolute atomic E-state index is 0.00523. The van der Waals surface area contributed by atoms with Crippen molar-refractivity contribution in [2.75, 3.05) is 31.7 Å². The SMILES string of the molecule is CN(CCOCC1CC1)c1nnccc1C(=N)N. The van der Waals surface area contributed by atoms with Gasteiger partial charge in [-0.2, -0.15) is 5.10 Å². The summed E-state index contributed by atoms with van der Waals surface area (Å²) in [5, 5.41) is 15.4. The van der Waals surface area contributed by atoms with Crippen molar-refractivity contribution in [2.24, 2.45) is 11.7 Å². The molecule has 2 rings (SSSR count). The van der Waals surface area contributed by atoms with Crippen LogP contribution in [-0.2, 0) is 4.74 Å². The van der Waals surface area contributed by atoms with Gasteiger partial charge in [-0.15, -0.1) is 5.10 Å². The summed E-state index contributed by atoms with van der Waals surface area (Å²) >= 11 is 0. The topological polar surface area (TPSA) is 88.1 Å². The van der Waals surface area contributed by atoms with Gasteiger partial charge in [0.15, 0.2) is 5.82 Å². The second kappa shape index (κ2) is 5.77. The fourth-order valence-electron chi connectivity index (χ4n) is 1.66. The summed E-state index contributed by atoms with van der Waals surface area (Å²) in [5.74, 6) is 1.41. The molecule has 1 saturated carbocycles. The lowest BCUT2D eigenvalue weighted by molar-refractivity contribution is 0.130. The number of nitrogen functional groups attached to an aromatic ring is 1. The largest absolute Gasteiger partial charge is 0.384 e. The molecule has 0 bridgehead atoms. The Morgan fingerprint density at radius 1 is 1.61 bits per heavy atom. The lowest BCUT2D eigenvalue weighted by atomic mass is 10.2. The molecule has 1 aromatic rings. The van der Waals surface area contributed by atoms with E-state index in [-0.39, 0.29) is 5.84 Å². The molecule has 0 radical (unpaired) electrons. The number of amidine groups is 1. The molecule has 1 aromatic heterocycles. The molecule has 18 heavy (non-hydrogen) atoms. The van der Waals surface area contributed by atoms with Crippen molar-refractivity contribution in [2.45, 2.75) is 12.8 Å². The van der Waals surface area contributed by atoms with Crippen LogP contribution in [-0.4, -0.2) is 42.8 Å². The number of ether oxygens (including phenoxy) is 1. The molecular weight excluding hydrogens is 230 g/mol. The summed E-state index contributed by atoms with van der Waals surface area (Å²) in [6.07, 6.45) is 4.14. The molecule has 0 spiro atoms. The maximum absolute atomic E-state index is 7.50. The highest BCUT2D eigenvalue weighted by Gasteiger charge is 2.21. The van der Waals surface area contributed by atoms with Crippen molar-refractivity contribution in [3.05, 3.63) is 17.8 Å². The number of hydrogen-bond acceptors (Lipinski definition) is 5. The Labute approximate surface area is 107 Å². The molecule has 0 atom stereocenters. The predicted octanol–water partition coefficient (Wildman–Crippen LogP) is 0.623. The average Bonchev–Trinajstić information content (AvgIpc) is 3.18. The van der Waals surface area contributed by atoms with Gasteiger partial charge < -0.3 is 15.4 Å². The highest BCUT2D eigenvalue weighted by molar-refractivity contribution is 5.99. The third-order valence-corrected chi connectivity index (χ3v) is 2.97. The maximum atomic E-state index is 7.50. The zero-order valence-corrected chi connectivity index (χ0v) is 10.6. The van der Waals surface area contributed by atoms with Gasteiger partial charge in [0.05, 0.1) is 18.4 Å². The molecule has 1 heterocycles. The molecule has 98 valence electrons. The molecule has 6 heteroatoms. The molecule has 1 aliphatic carbocycles. The number of aromatic nitrogens is 2. The second-order valence-corrected chi connectivity index (χ2v) is 4.62. The lowest BCUT2D eigenvalue weighted by Gasteiger charge is -2.19. The van der Waals surface area contributed by atoms with Crippen molar-refractivity contribution in [3.8, 4) is 0 Å². The molecule has 0 aliphatic heterocycles. The molecule has 1 aliphatic rings. The van der Waals surface area contributed by atoms with Crippen molar-refractivity contribution in [1.82, 2.24) is 10.2 Å². The molecule has 0 aromatic carbocycles. The normalized spacial score (nSPS) is 14.5. The first-order chi connectivity index (χ1) is 8.68. The standard InChI is InChI=1S/C12H19N5O/c1-17(6-7-18-8-9-2-3-9)12-10(11(13)14)4-5-15-16-12/h4-5,9H,2-3,6-8H2,1H3,(H3,13,14). The van der Waals surface area contributed by atoms with E-state index in [2.05, 4.69) is 10.2 Å². The number of hydrogen-bond donors (Lipinski definition) is 2. The summed E-state index contributed by atoms with van der Waals surface area (Å²) in [6.45, 7) is 2.22. The Morgan fingerprint density at radius 3 is 3.06 bits per heavy atom. The first-order valence-electron chi connectivity index (χ1n) is 6.13. The number of nitrogens with two attached hydrogens (primary N) is 1. The zero-order valence-electron chi connectivity index (χ0n) is 10.6. The van der Waals surface area contributed by atoms with Gasteiger partial charge in [-0.3, -0.25) is 5.41 Å². The number of nitrogens with one attached hydrogen (secondary N) is 1. The van der Waals surface area contributed by atoms with E-state index in [1.807, 2.05) is 11.9 Å². The molecular formula is C12H19N5O. The second-order valence-electron chi connectivity index (χ2n) is 4.62. The smallest absolute Gasteiger partial charge is 0.162 e. The van der Waals surface area contributed by atoms with Crippen LogP contribution in [0.5, 0.6) is 0 Å². The predicted molar refractivity (Wildman–Crippen MR) is 69.9 cm³/mol. The van der Waals surface area contributed by atoms with E-state index >= 15 is 0 Å². The van der Waals surface area contributed by atoms with E-state index in [0.29, 0.717) is 24.5 Å². The van der Waals surface area contributed by atoms with E-state index in [9.17, 15) is 0 Å². The van der Waals surface area contributed by atoms with Gasteiger partial charge in [0.25, 0.3) is 0 Å². The van der Waals surface area contributed by atoms with Crippen molar-refractivity contribution in [1.29, 1.82) is 5.41 Å². The van der Waals surface area contributed by atoms with Gasteiger partial charge in [0, 0.05) is 20.2 Å². The Bertz CT molecular complexity index is 419. The fourth-order valence-corrected chi connectivity index (χ4v) is 1.66. The molecule has 0 unspecified atom stereocenters. The van der Waals surface area contributed by atoms with E-state index in [0.717, 1.165) is 12.5 Å². The number of anilines is 1. The summed E-state index contributed by atoms with van der Waals surface area (Å²) in [7, 11) is 1.90. The monoisotopic (exact) mass is 249 g/mol. The minimum Gasteiger partial charge on any atom is -0.384 e. The molecule has 0 amide bonds. The molecule has 6 nitrogen and oxygen atoms in total. The van der Waals surface area contributed by atoms with E-state index in [1.165, 1.54) is 19.0 Å². The first-order valence-corrected chi connectivity index (χ1v) is 6.13. The van der Waals surface area contributed by atoms with Crippen LogP contribution in [0.25, 0.3) is 0 Å². The summed E-state index contributed by atoms with van der Waals surface area (Å²) in [4.78, 5) is 1.91. The highest BCUT2D eigenvalue weighted by atomic mass is 16.5. The number of rotatable bonds is 7. The van der Waals surface area contributed by atoms with Crippen LogP contribution in [0.1, 0.15) is 18.4 Å². The van der Waals surface area contributed by atoms with Crippen LogP contribution in [0.2, 0.25) is 0 Å². The number of likely N-dealkylation sites (N-methyl/N-ethyl adjacent to an activating group) is 1. The Hall–Kier alpha value is -1.69. The van der Waals surface area contributed by atoms with Crippen LogP contribution in [0, 0.1) is 11.3 Å². The minimum atomic E-state index is 0.00523.